The molecule has 0 aliphatic carbocycles. The minimum Gasteiger partial charge on any atom is -0.384 e. The summed E-state index contributed by atoms with van der Waals surface area (Å²) in [5.74, 6) is 0.0902. The number of hydrogen-bond donors (Lipinski definition) is 2. The molecule has 1 fully saturated rings. The predicted octanol–water partition coefficient (Wildman–Crippen LogP) is 3.54. The first kappa shape index (κ1) is 25.4. The molecule has 1 aliphatic rings. The molecule has 4 rings (SSSR count). The van der Waals surface area contributed by atoms with E-state index in [2.05, 4.69) is 40.4 Å². The van der Waals surface area contributed by atoms with Gasteiger partial charge in [-0.05, 0) is 62.1 Å². The van der Waals surface area contributed by atoms with Gasteiger partial charge in [-0.1, -0.05) is 25.1 Å². The predicted molar refractivity (Wildman–Crippen MR) is 143 cm³/mol. The maximum Gasteiger partial charge on any atom is 0.281 e. The minimum absolute atomic E-state index is 0.0450. The number of pyridine rings is 2. The van der Waals surface area contributed by atoms with Crippen LogP contribution < -0.4 is 20.3 Å². The average Bonchev–Trinajstić information content (AvgIpc) is 3.10. The zero-order valence-electron chi connectivity index (χ0n) is 21.2. The Labute approximate surface area is 212 Å². The van der Waals surface area contributed by atoms with Crippen molar-refractivity contribution in [1.82, 2.24) is 14.7 Å². The lowest BCUT2D eigenvalue weighted by atomic mass is 9.90. The van der Waals surface area contributed by atoms with Crippen LogP contribution in [0.15, 0.2) is 59.8 Å². The second-order valence-corrected chi connectivity index (χ2v) is 11.5. The Hall–Kier alpha value is -3.66. The van der Waals surface area contributed by atoms with E-state index in [1.165, 1.54) is 18.2 Å². The van der Waals surface area contributed by atoms with Gasteiger partial charge in [0, 0.05) is 43.6 Å². The fourth-order valence-electron chi connectivity index (χ4n) is 4.37. The fraction of sp³-hybridized carbons (Fsp3) is 0.346. The molecule has 1 saturated heterocycles. The summed E-state index contributed by atoms with van der Waals surface area (Å²) < 4.78 is 28.1. The molecule has 10 heteroatoms. The van der Waals surface area contributed by atoms with E-state index >= 15 is 0 Å². The number of benzene rings is 1. The third-order valence-electron chi connectivity index (χ3n) is 7.02. The third kappa shape index (κ3) is 4.86. The van der Waals surface area contributed by atoms with Crippen molar-refractivity contribution in [2.75, 3.05) is 36.2 Å². The van der Waals surface area contributed by atoms with Gasteiger partial charge in [0.25, 0.3) is 15.9 Å². The van der Waals surface area contributed by atoms with Gasteiger partial charge < -0.3 is 15.5 Å². The summed E-state index contributed by atoms with van der Waals surface area (Å²) in [6, 6.07) is 13.8. The topological polar surface area (TPSA) is 122 Å². The number of amides is 1. The van der Waals surface area contributed by atoms with Crippen LogP contribution in [-0.4, -0.2) is 50.5 Å². The monoisotopic (exact) mass is 508 g/mol. The number of aromatic nitrogens is 2. The summed E-state index contributed by atoms with van der Waals surface area (Å²) in [6.45, 7) is 7.09. The van der Waals surface area contributed by atoms with Crippen molar-refractivity contribution in [3.63, 3.8) is 0 Å². The number of anilines is 3. The van der Waals surface area contributed by atoms with Gasteiger partial charge in [0.05, 0.1) is 5.56 Å². The number of nitrogens with one attached hydrogen (secondary N) is 1. The third-order valence-corrected chi connectivity index (χ3v) is 8.25. The molecule has 3 N–H and O–H groups in total. The number of nitrogens with two attached hydrogens (primary N) is 1. The van der Waals surface area contributed by atoms with Gasteiger partial charge in [-0.2, -0.15) is 8.42 Å². The second-order valence-electron chi connectivity index (χ2n) is 9.87. The summed E-state index contributed by atoms with van der Waals surface area (Å²) in [6.07, 6.45) is 2.67. The molecule has 0 radical (unpaired) electrons. The zero-order chi connectivity index (χ0) is 26.3. The minimum atomic E-state index is -4.25. The molecule has 1 atom stereocenters. The SMILES string of the molecule is CC1CCN(c2ncc(-c3ccc(N(C)C)cc3)cc2C(=O)NS(=O)(=O)c2cccc(N)n2)C1(C)C. The van der Waals surface area contributed by atoms with Crippen LogP contribution in [0.3, 0.4) is 0 Å². The number of carbonyl (C=O) groups excluding carboxylic acids is 1. The largest absolute Gasteiger partial charge is 0.384 e. The number of hydrogen-bond acceptors (Lipinski definition) is 8. The molecule has 1 aliphatic heterocycles. The molecule has 36 heavy (non-hydrogen) atoms. The van der Waals surface area contributed by atoms with Crippen LogP contribution in [0.25, 0.3) is 11.1 Å². The molecule has 2 aromatic heterocycles. The summed E-state index contributed by atoms with van der Waals surface area (Å²) in [5.41, 5.74) is 8.18. The van der Waals surface area contributed by atoms with Gasteiger partial charge in [-0.3, -0.25) is 4.79 Å². The molecule has 0 bridgehead atoms. The normalized spacial score (nSPS) is 17.1. The van der Waals surface area contributed by atoms with E-state index in [0.29, 0.717) is 23.8 Å². The lowest BCUT2D eigenvalue weighted by Gasteiger charge is -2.36. The molecular formula is C26H32N6O3S. The Kier molecular flexibility index (Phi) is 6.66. The van der Waals surface area contributed by atoms with Crippen LogP contribution in [0.5, 0.6) is 0 Å². The van der Waals surface area contributed by atoms with Crippen molar-refractivity contribution in [3.8, 4) is 11.1 Å². The highest BCUT2D eigenvalue weighted by molar-refractivity contribution is 7.90. The molecule has 1 amide bonds. The standard InChI is InChI=1S/C26H32N6O3S/c1-17-13-14-32(26(17,2)3)24-21(25(33)30-36(34,35)23-8-6-7-22(27)29-23)15-19(16-28-24)18-9-11-20(12-10-18)31(4)5/h6-12,15-17H,13-14H2,1-5H3,(H2,27,29)(H,30,33). The van der Waals surface area contributed by atoms with E-state index in [1.54, 1.807) is 12.3 Å². The Morgan fingerprint density at radius 1 is 1.14 bits per heavy atom. The molecule has 3 heterocycles. The maximum absolute atomic E-state index is 13.5. The number of rotatable bonds is 6. The lowest BCUT2D eigenvalue weighted by molar-refractivity contribution is 0.0981. The van der Waals surface area contributed by atoms with Crippen LogP contribution >= 0.6 is 0 Å². The maximum atomic E-state index is 13.5. The van der Waals surface area contributed by atoms with Crippen molar-refractivity contribution in [1.29, 1.82) is 0 Å². The van der Waals surface area contributed by atoms with Gasteiger partial charge in [0.2, 0.25) is 0 Å². The molecule has 1 unspecified atom stereocenters. The molecule has 190 valence electrons. The Morgan fingerprint density at radius 3 is 2.42 bits per heavy atom. The molecule has 0 saturated carbocycles. The van der Waals surface area contributed by atoms with Gasteiger partial charge in [-0.15, -0.1) is 0 Å². The highest BCUT2D eigenvalue weighted by Gasteiger charge is 2.41. The van der Waals surface area contributed by atoms with Gasteiger partial charge in [-0.25, -0.2) is 14.7 Å². The average molecular weight is 509 g/mol. The Balaban J connectivity index is 1.77. The van der Waals surface area contributed by atoms with E-state index in [9.17, 15) is 13.2 Å². The first-order valence-corrected chi connectivity index (χ1v) is 13.2. The van der Waals surface area contributed by atoms with Crippen molar-refractivity contribution in [3.05, 3.63) is 60.3 Å². The summed E-state index contributed by atoms with van der Waals surface area (Å²) in [4.78, 5) is 26.1. The molecule has 3 aromatic rings. The van der Waals surface area contributed by atoms with Gasteiger partial charge >= 0.3 is 0 Å². The molecular weight excluding hydrogens is 476 g/mol. The van der Waals surface area contributed by atoms with Crippen LogP contribution in [0, 0.1) is 5.92 Å². The highest BCUT2D eigenvalue weighted by atomic mass is 32.2. The quantitative estimate of drug-likeness (QED) is 0.519. The first-order valence-electron chi connectivity index (χ1n) is 11.8. The van der Waals surface area contributed by atoms with E-state index < -0.39 is 15.9 Å². The van der Waals surface area contributed by atoms with Crippen molar-refractivity contribution >= 4 is 33.3 Å². The van der Waals surface area contributed by atoms with E-state index in [1.807, 2.05) is 43.3 Å². The van der Waals surface area contributed by atoms with Crippen LogP contribution in [0.1, 0.15) is 37.6 Å². The van der Waals surface area contributed by atoms with Crippen LogP contribution in [0.2, 0.25) is 0 Å². The smallest absolute Gasteiger partial charge is 0.281 e. The fourth-order valence-corrected chi connectivity index (χ4v) is 5.31. The van der Waals surface area contributed by atoms with Gasteiger partial charge in [0.1, 0.15) is 11.6 Å². The zero-order valence-corrected chi connectivity index (χ0v) is 22.0. The van der Waals surface area contributed by atoms with Gasteiger partial charge in [0.15, 0.2) is 5.03 Å². The number of nitrogen functional groups attached to an aromatic ring is 1. The Morgan fingerprint density at radius 2 is 1.83 bits per heavy atom. The molecule has 1 aromatic carbocycles. The van der Waals surface area contributed by atoms with Crippen molar-refractivity contribution in [2.45, 2.75) is 37.8 Å². The molecule has 9 nitrogen and oxygen atoms in total. The van der Waals surface area contributed by atoms with E-state index in [4.69, 9.17) is 5.73 Å². The lowest BCUT2D eigenvalue weighted by Crippen LogP contribution is -2.43. The number of sulfonamides is 1. The highest BCUT2D eigenvalue weighted by Crippen LogP contribution is 2.39. The summed E-state index contributed by atoms with van der Waals surface area (Å²) >= 11 is 0. The number of nitrogens with zero attached hydrogens (tertiary/aromatic N) is 4. The van der Waals surface area contributed by atoms with Crippen molar-refractivity contribution < 1.29 is 13.2 Å². The summed E-state index contributed by atoms with van der Waals surface area (Å²) in [5, 5.41) is -0.323. The Bertz CT molecular complexity index is 1390. The number of carbonyl (C=O) groups is 1. The first-order chi connectivity index (χ1) is 16.9. The van der Waals surface area contributed by atoms with Crippen molar-refractivity contribution in [2.24, 2.45) is 5.92 Å². The van der Waals surface area contributed by atoms with E-state index in [-0.39, 0.29) is 21.9 Å². The van der Waals surface area contributed by atoms with Crippen LogP contribution in [-0.2, 0) is 10.0 Å². The molecule has 0 spiro atoms. The summed E-state index contributed by atoms with van der Waals surface area (Å²) in [7, 11) is -0.324. The second kappa shape index (κ2) is 9.42. The van der Waals surface area contributed by atoms with Crippen LogP contribution in [0.4, 0.5) is 17.3 Å². The van der Waals surface area contributed by atoms with E-state index in [0.717, 1.165) is 17.7 Å².